The van der Waals surface area contributed by atoms with Crippen molar-refractivity contribution >= 4 is 11.8 Å². The first-order chi connectivity index (χ1) is 13.2. The smallest absolute Gasteiger partial charge is 0.258 e. The molecule has 1 saturated carbocycles. The van der Waals surface area contributed by atoms with Crippen LogP contribution in [0.1, 0.15) is 69.9 Å². The van der Waals surface area contributed by atoms with Crippen molar-refractivity contribution < 1.29 is 0 Å². The largest absolute Gasteiger partial charge is 0.287 e. The van der Waals surface area contributed by atoms with E-state index in [0.29, 0.717) is 0 Å². The van der Waals surface area contributed by atoms with Crippen LogP contribution in [0, 0.1) is 0 Å². The Bertz CT molecular complexity index is 880. The Morgan fingerprint density at radius 2 is 1.93 bits per heavy atom. The molecule has 0 amide bonds. The van der Waals surface area contributed by atoms with Crippen LogP contribution in [0.2, 0.25) is 0 Å². The zero-order valence-electron chi connectivity index (χ0n) is 16.6. The van der Waals surface area contributed by atoms with Gasteiger partial charge in [0.15, 0.2) is 5.16 Å². The molecule has 144 valence electrons. The molecule has 1 aromatic carbocycles. The highest BCUT2D eigenvalue weighted by Gasteiger charge is 2.44. The van der Waals surface area contributed by atoms with Crippen molar-refractivity contribution in [1.82, 2.24) is 9.55 Å². The lowest BCUT2D eigenvalue weighted by atomic mass is 9.68. The molecule has 4 rings (SSSR count). The van der Waals surface area contributed by atoms with E-state index in [1.54, 1.807) is 11.8 Å². The first-order valence-corrected chi connectivity index (χ1v) is 11.5. The van der Waals surface area contributed by atoms with Crippen molar-refractivity contribution in [2.45, 2.75) is 82.3 Å². The van der Waals surface area contributed by atoms with Crippen LogP contribution < -0.4 is 5.56 Å². The average molecular weight is 383 g/mol. The van der Waals surface area contributed by atoms with E-state index < -0.39 is 0 Å². The maximum atomic E-state index is 13.8. The molecule has 0 N–H and O–H groups in total. The van der Waals surface area contributed by atoms with Gasteiger partial charge in [-0.2, -0.15) is 0 Å². The first-order valence-electron chi connectivity index (χ1n) is 10.6. The maximum Gasteiger partial charge on any atom is 0.258 e. The molecule has 0 aliphatic heterocycles. The highest BCUT2D eigenvalue weighted by atomic mass is 32.2. The van der Waals surface area contributed by atoms with Crippen LogP contribution in [0.3, 0.4) is 0 Å². The monoisotopic (exact) mass is 382 g/mol. The van der Waals surface area contributed by atoms with Gasteiger partial charge in [-0.05, 0) is 37.7 Å². The Hall–Kier alpha value is -1.55. The van der Waals surface area contributed by atoms with Gasteiger partial charge in [-0.3, -0.25) is 9.36 Å². The number of fused-ring (bicyclic) bond motifs is 4. The fraction of sp³-hybridized carbons (Fsp3) is 0.565. The highest BCUT2D eigenvalue weighted by molar-refractivity contribution is 7.99. The lowest BCUT2D eigenvalue weighted by molar-refractivity contribution is 0.413. The van der Waals surface area contributed by atoms with Crippen LogP contribution in [0.15, 0.2) is 34.2 Å². The summed E-state index contributed by atoms with van der Waals surface area (Å²) in [5.74, 6) is 1.00. The molecule has 0 atom stereocenters. The van der Waals surface area contributed by atoms with Crippen molar-refractivity contribution in [3.8, 4) is 11.3 Å². The van der Waals surface area contributed by atoms with E-state index in [9.17, 15) is 4.79 Å². The van der Waals surface area contributed by atoms with E-state index in [1.807, 2.05) is 4.57 Å². The molecule has 2 aliphatic rings. The van der Waals surface area contributed by atoms with Crippen LogP contribution in [0.5, 0.6) is 0 Å². The summed E-state index contributed by atoms with van der Waals surface area (Å²) in [6, 6.07) is 8.61. The SMILES string of the molecule is CCCCn1c(SCCC)nc2c(c1=O)C1(CCCC1)Cc1ccccc1-2. The number of nitrogens with zero attached hydrogens (tertiary/aromatic N) is 2. The molecular weight excluding hydrogens is 352 g/mol. The standard InChI is InChI=1S/C23H30N2OS/c1-3-5-14-25-21(26)19-20(24-22(25)27-15-4-2)18-11-7-6-10-17(18)16-23(19)12-8-9-13-23/h6-7,10-11H,3-5,8-9,12-16H2,1-2H3. The van der Waals surface area contributed by atoms with Crippen LogP contribution in [-0.4, -0.2) is 15.3 Å². The Morgan fingerprint density at radius 3 is 2.67 bits per heavy atom. The maximum absolute atomic E-state index is 13.8. The van der Waals surface area contributed by atoms with Gasteiger partial charge < -0.3 is 0 Å². The lowest BCUT2D eigenvalue weighted by Crippen LogP contribution is -2.40. The number of unbranched alkanes of at least 4 members (excludes halogenated alkanes) is 1. The summed E-state index contributed by atoms with van der Waals surface area (Å²) in [6.45, 7) is 5.16. The van der Waals surface area contributed by atoms with Crippen molar-refractivity contribution in [1.29, 1.82) is 0 Å². The van der Waals surface area contributed by atoms with E-state index in [0.717, 1.165) is 67.2 Å². The second-order valence-corrected chi connectivity index (χ2v) is 9.16. The highest BCUT2D eigenvalue weighted by Crippen LogP contribution is 2.49. The van der Waals surface area contributed by atoms with Crippen LogP contribution in [0.25, 0.3) is 11.3 Å². The topological polar surface area (TPSA) is 34.9 Å². The van der Waals surface area contributed by atoms with Crippen LogP contribution in [0.4, 0.5) is 0 Å². The molecular formula is C23H30N2OS. The number of aromatic nitrogens is 2. The minimum atomic E-state index is 0.00961. The molecule has 0 saturated heterocycles. The number of hydrogen-bond donors (Lipinski definition) is 0. The zero-order chi connectivity index (χ0) is 18.9. The van der Waals surface area contributed by atoms with Gasteiger partial charge in [0.05, 0.1) is 11.3 Å². The van der Waals surface area contributed by atoms with Gasteiger partial charge in [0.1, 0.15) is 0 Å². The average Bonchev–Trinajstić information content (AvgIpc) is 3.14. The lowest BCUT2D eigenvalue weighted by Gasteiger charge is -2.36. The Labute approximate surface area is 166 Å². The molecule has 0 bridgehead atoms. The fourth-order valence-corrected chi connectivity index (χ4v) is 5.73. The third-order valence-corrected chi connectivity index (χ3v) is 7.38. The van der Waals surface area contributed by atoms with Crippen LogP contribution >= 0.6 is 11.8 Å². The molecule has 0 unspecified atom stereocenters. The summed E-state index contributed by atoms with van der Waals surface area (Å²) in [6.07, 6.45) is 8.92. The third-order valence-electron chi connectivity index (χ3n) is 6.20. The summed E-state index contributed by atoms with van der Waals surface area (Å²) in [5.41, 5.74) is 4.81. The van der Waals surface area contributed by atoms with Gasteiger partial charge in [0, 0.05) is 23.3 Å². The minimum absolute atomic E-state index is 0.00961. The second-order valence-electron chi connectivity index (χ2n) is 8.10. The summed E-state index contributed by atoms with van der Waals surface area (Å²) >= 11 is 1.74. The number of thioether (sulfide) groups is 1. The van der Waals surface area contributed by atoms with Gasteiger partial charge in [0.25, 0.3) is 5.56 Å². The molecule has 1 heterocycles. The van der Waals surface area contributed by atoms with E-state index in [1.165, 1.54) is 24.0 Å². The normalized spacial score (nSPS) is 17.1. The molecule has 1 spiro atoms. The Balaban J connectivity index is 1.95. The number of rotatable bonds is 6. The van der Waals surface area contributed by atoms with Gasteiger partial charge >= 0.3 is 0 Å². The van der Waals surface area contributed by atoms with Crippen molar-refractivity contribution in [2.75, 3.05) is 5.75 Å². The van der Waals surface area contributed by atoms with Crippen molar-refractivity contribution in [3.63, 3.8) is 0 Å². The molecule has 0 radical (unpaired) electrons. The molecule has 2 aromatic rings. The fourth-order valence-electron chi connectivity index (χ4n) is 4.86. The molecule has 3 nitrogen and oxygen atoms in total. The van der Waals surface area contributed by atoms with E-state index in [-0.39, 0.29) is 11.0 Å². The number of hydrogen-bond acceptors (Lipinski definition) is 3. The summed E-state index contributed by atoms with van der Waals surface area (Å²) in [4.78, 5) is 18.9. The third kappa shape index (κ3) is 3.26. The van der Waals surface area contributed by atoms with Crippen molar-refractivity contribution in [3.05, 3.63) is 45.7 Å². The summed E-state index contributed by atoms with van der Waals surface area (Å²) < 4.78 is 2.00. The predicted octanol–water partition coefficient (Wildman–Crippen LogP) is 5.58. The predicted molar refractivity (Wildman–Crippen MR) is 114 cm³/mol. The zero-order valence-corrected chi connectivity index (χ0v) is 17.4. The van der Waals surface area contributed by atoms with Crippen molar-refractivity contribution in [2.24, 2.45) is 0 Å². The molecule has 4 heteroatoms. The minimum Gasteiger partial charge on any atom is -0.287 e. The molecule has 1 fully saturated rings. The van der Waals surface area contributed by atoms with E-state index in [2.05, 4.69) is 38.1 Å². The Morgan fingerprint density at radius 1 is 1.15 bits per heavy atom. The summed E-state index contributed by atoms with van der Waals surface area (Å²) in [5, 5.41) is 0.916. The van der Waals surface area contributed by atoms with Gasteiger partial charge in [-0.1, -0.05) is 69.1 Å². The van der Waals surface area contributed by atoms with Crippen LogP contribution in [-0.2, 0) is 18.4 Å². The summed E-state index contributed by atoms with van der Waals surface area (Å²) in [7, 11) is 0. The van der Waals surface area contributed by atoms with Gasteiger partial charge in [-0.15, -0.1) is 0 Å². The molecule has 2 aliphatic carbocycles. The van der Waals surface area contributed by atoms with E-state index >= 15 is 0 Å². The van der Waals surface area contributed by atoms with Gasteiger partial charge in [-0.25, -0.2) is 4.98 Å². The quantitative estimate of drug-likeness (QED) is 0.483. The molecule has 27 heavy (non-hydrogen) atoms. The number of benzene rings is 1. The second kappa shape index (κ2) is 7.83. The van der Waals surface area contributed by atoms with E-state index in [4.69, 9.17) is 4.98 Å². The Kier molecular flexibility index (Phi) is 5.45. The molecule has 1 aromatic heterocycles. The first kappa shape index (κ1) is 18.8. The van der Waals surface area contributed by atoms with Gasteiger partial charge in [0.2, 0.25) is 0 Å².